The number of fused-ring (bicyclic) bond motifs is 2. The van der Waals surface area contributed by atoms with Crippen LogP contribution in [0.3, 0.4) is 0 Å². The second kappa shape index (κ2) is 4.28. The lowest BCUT2D eigenvalue weighted by Crippen LogP contribution is -2.48. The van der Waals surface area contributed by atoms with Gasteiger partial charge >= 0.3 is 0 Å². The monoisotopic (exact) mass is 225 g/mol. The molecule has 0 aromatic carbocycles. The molecule has 92 valence electrons. The van der Waals surface area contributed by atoms with Crippen LogP contribution in [0.4, 0.5) is 0 Å². The van der Waals surface area contributed by atoms with Crippen molar-refractivity contribution in [3.05, 3.63) is 0 Å². The summed E-state index contributed by atoms with van der Waals surface area (Å²) in [6, 6.07) is 0. The van der Waals surface area contributed by atoms with E-state index in [2.05, 4.69) is 4.90 Å². The fourth-order valence-electron chi connectivity index (χ4n) is 3.79. The zero-order valence-electron chi connectivity index (χ0n) is 10.0. The van der Waals surface area contributed by atoms with Gasteiger partial charge in [0.1, 0.15) is 0 Å². The number of hydrogen-bond acceptors (Lipinski definition) is 3. The molecule has 0 aromatic heterocycles. The first-order chi connectivity index (χ1) is 7.80. The summed E-state index contributed by atoms with van der Waals surface area (Å²) in [5.74, 6) is 0. The molecule has 0 amide bonds. The Morgan fingerprint density at radius 3 is 2.31 bits per heavy atom. The third kappa shape index (κ3) is 2.01. The van der Waals surface area contributed by atoms with Crippen molar-refractivity contribution in [2.24, 2.45) is 5.41 Å². The predicted molar refractivity (Wildman–Crippen MR) is 62.3 cm³/mol. The molecule has 1 N–H and O–H groups in total. The Bertz CT molecular complexity index is 238. The minimum absolute atomic E-state index is 0.219. The number of morpholine rings is 1. The van der Waals surface area contributed by atoms with Gasteiger partial charge in [0.2, 0.25) is 0 Å². The van der Waals surface area contributed by atoms with Gasteiger partial charge in [-0.25, -0.2) is 0 Å². The van der Waals surface area contributed by atoms with Crippen molar-refractivity contribution in [3.8, 4) is 0 Å². The van der Waals surface area contributed by atoms with Gasteiger partial charge in [0.05, 0.1) is 12.2 Å². The van der Waals surface area contributed by atoms with E-state index in [9.17, 15) is 5.11 Å². The summed E-state index contributed by atoms with van der Waals surface area (Å²) in [4.78, 5) is 2.55. The van der Waals surface area contributed by atoms with Crippen molar-refractivity contribution in [2.75, 3.05) is 26.2 Å². The zero-order chi connectivity index (χ0) is 11.0. The average Bonchev–Trinajstić information content (AvgIpc) is 2.87. The van der Waals surface area contributed by atoms with Gasteiger partial charge in [0.15, 0.2) is 0 Å². The van der Waals surface area contributed by atoms with E-state index in [1.807, 2.05) is 0 Å². The van der Waals surface area contributed by atoms with Crippen LogP contribution in [0.25, 0.3) is 0 Å². The molecule has 3 heteroatoms. The molecule has 2 bridgehead atoms. The second-order valence-corrected chi connectivity index (χ2v) is 6.02. The third-order valence-electron chi connectivity index (χ3n) is 4.68. The predicted octanol–water partition coefficient (Wildman–Crippen LogP) is 1.40. The molecule has 2 aliphatic heterocycles. The molecule has 0 spiro atoms. The minimum Gasteiger partial charge on any atom is -0.396 e. The van der Waals surface area contributed by atoms with Gasteiger partial charge in [0, 0.05) is 31.7 Å². The molecule has 3 rings (SSSR count). The summed E-state index contributed by atoms with van der Waals surface area (Å²) in [6.07, 6.45) is 8.49. The van der Waals surface area contributed by atoms with Crippen LogP contribution in [0.2, 0.25) is 0 Å². The number of aliphatic hydroxyl groups excluding tert-OH is 1. The number of ether oxygens (including phenoxy) is 1. The van der Waals surface area contributed by atoms with E-state index in [1.54, 1.807) is 0 Å². The van der Waals surface area contributed by atoms with Crippen molar-refractivity contribution in [1.29, 1.82) is 0 Å². The lowest BCUT2D eigenvalue weighted by Gasteiger charge is -2.38. The van der Waals surface area contributed by atoms with Crippen LogP contribution >= 0.6 is 0 Å². The van der Waals surface area contributed by atoms with Crippen LogP contribution in [-0.4, -0.2) is 48.5 Å². The Kier molecular flexibility index (Phi) is 2.94. The topological polar surface area (TPSA) is 32.7 Å². The molecule has 3 fully saturated rings. The highest BCUT2D eigenvalue weighted by Crippen LogP contribution is 2.39. The molecule has 1 aliphatic carbocycles. The highest BCUT2D eigenvalue weighted by molar-refractivity contribution is 4.91. The van der Waals surface area contributed by atoms with Gasteiger partial charge in [-0.3, -0.25) is 4.90 Å². The van der Waals surface area contributed by atoms with Crippen LogP contribution in [0.15, 0.2) is 0 Å². The fraction of sp³-hybridized carbons (Fsp3) is 1.00. The average molecular weight is 225 g/mol. The van der Waals surface area contributed by atoms with Gasteiger partial charge in [-0.05, 0) is 25.7 Å². The van der Waals surface area contributed by atoms with E-state index in [0.29, 0.717) is 18.8 Å². The summed E-state index contributed by atoms with van der Waals surface area (Å²) in [5, 5.41) is 9.64. The van der Waals surface area contributed by atoms with Gasteiger partial charge in [-0.2, -0.15) is 0 Å². The SMILES string of the molecule is OCC1(CN2CC3CCC(C2)O3)CCCC1. The summed E-state index contributed by atoms with van der Waals surface area (Å²) in [6.45, 7) is 3.66. The molecule has 3 nitrogen and oxygen atoms in total. The van der Waals surface area contributed by atoms with Crippen LogP contribution < -0.4 is 0 Å². The van der Waals surface area contributed by atoms with E-state index in [0.717, 1.165) is 19.6 Å². The Morgan fingerprint density at radius 1 is 1.12 bits per heavy atom. The molecule has 2 atom stereocenters. The van der Waals surface area contributed by atoms with Gasteiger partial charge < -0.3 is 9.84 Å². The molecular formula is C13H23NO2. The van der Waals surface area contributed by atoms with E-state index in [1.165, 1.54) is 38.5 Å². The molecule has 3 aliphatic rings. The molecule has 2 unspecified atom stereocenters. The van der Waals surface area contributed by atoms with Crippen LogP contribution in [-0.2, 0) is 4.74 Å². The fourth-order valence-corrected chi connectivity index (χ4v) is 3.79. The third-order valence-corrected chi connectivity index (χ3v) is 4.68. The van der Waals surface area contributed by atoms with Crippen molar-refractivity contribution in [1.82, 2.24) is 4.90 Å². The molecule has 16 heavy (non-hydrogen) atoms. The first-order valence-electron chi connectivity index (χ1n) is 6.78. The van der Waals surface area contributed by atoms with Crippen LogP contribution in [0, 0.1) is 5.41 Å². The minimum atomic E-state index is 0.219. The van der Waals surface area contributed by atoms with E-state index >= 15 is 0 Å². The molecule has 2 saturated heterocycles. The van der Waals surface area contributed by atoms with Gasteiger partial charge in [0.25, 0.3) is 0 Å². The van der Waals surface area contributed by atoms with E-state index < -0.39 is 0 Å². The smallest absolute Gasteiger partial charge is 0.0707 e. The largest absolute Gasteiger partial charge is 0.396 e. The summed E-state index contributed by atoms with van der Waals surface area (Å²) < 4.78 is 5.85. The number of nitrogens with zero attached hydrogens (tertiary/aromatic N) is 1. The van der Waals surface area contributed by atoms with Crippen molar-refractivity contribution in [2.45, 2.75) is 50.7 Å². The van der Waals surface area contributed by atoms with E-state index in [4.69, 9.17) is 4.74 Å². The number of hydrogen-bond donors (Lipinski definition) is 1. The highest BCUT2D eigenvalue weighted by atomic mass is 16.5. The normalized spacial score (nSPS) is 38.1. The lowest BCUT2D eigenvalue weighted by molar-refractivity contribution is -0.0554. The van der Waals surface area contributed by atoms with Gasteiger partial charge in [-0.1, -0.05) is 12.8 Å². The Hall–Kier alpha value is -0.120. The second-order valence-electron chi connectivity index (χ2n) is 6.02. The maximum absolute atomic E-state index is 9.64. The molecular weight excluding hydrogens is 202 g/mol. The first-order valence-corrected chi connectivity index (χ1v) is 6.78. The summed E-state index contributed by atoms with van der Waals surface area (Å²) in [5.41, 5.74) is 0.219. The highest BCUT2D eigenvalue weighted by Gasteiger charge is 2.39. The zero-order valence-corrected chi connectivity index (χ0v) is 10.0. The summed E-state index contributed by atoms with van der Waals surface area (Å²) >= 11 is 0. The number of aliphatic hydroxyl groups is 1. The maximum atomic E-state index is 9.64. The van der Waals surface area contributed by atoms with Crippen molar-refractivity contribution < 1.29 is 9.84 Å². The van der Waals surface area contributed by atoms with Crippen molar-refractivity contribution in [3.63, 3.8) is 0 Å². The summed E-state index contributed by atoms with van der Waals surface area (Å²) in [7, 11) is 0. The maximum Gasteiger partial charge on any atom is 0.0707 e. The molecule has 0 aromatic rings. The standard InChI is InChI=1S/C13H23NO2/c15-10-13(5-1-2-6-13)9-14-7-11-3-4-12(8-14)16-11/h11-12,15H,1-10H2. The Labute approximate surface area is 97.8 Å². The van der Waals surface area contributed by atoms with E-state index in [-0.39, 0.29) is 5.41 Å². The van der Waals surface area contributed by atoms with Crippen LogP contribution in [0.1, 0.15) is 38.5 Å². The number of rotatable bonds is 3. The van der Waals surface area contributed by atoms with Crippen molar-refractivity contribution >= 4 is 0 Å². The first kappa shape index (κ1) is 11.0. The molecule has 2 heterocycles. The Morgan fingerprint density at radius 2 is 1.75 bits per heavy atom. The lowest BCUT2D eigenvalue weighted by atomic mass is 9.86. The quantitative estimate of drug-likeness (QED) is 0.788. The molecule has 0 radical (unpaired) electrons. The number of likely N-dealkylation sites (tertiary alicyclic amines) is 1. The molecule has 1 saturated carbocycles. The van der Waals surface area contributed by atoms with Crippen LogP contribution in [0.5, 0.6) is 0 Å². The Balaban J connectivity index is 1.61. The van der Waals surface area contributed by atoms with Gasteiger partial charge in [-0.15, -0.1) is 0 Å².